The van der Waals surface area contributed by atoms with E-state index in [0.29, 0.717) is 18.7 Å². The molecule has 0 unspecified atom stereocenters. The van der Waals surface area contributed by atoms with E-state index in [0.717, 1.165) is 25.1 Å². The maximum absolute atomic E-state index is 12.4. The summed E-state index contributed by atoms with van der Waals surface area (Å²) in [6.07, 6.45) is 0.290. The minimum atomic E-state index is -4.40. The summed E-state index contributed by atoms with van der Waals surface area (Å²) in [7, 11) is 0. The van der Waals surface area contributed by atoms with Gasteiger partial charge in [0, 0.05) is 12.6 Å². The van der Waals surface area contributed by atoms with Gasteiger partial charge in [-0.1, -0.05) is 0 Å². The number of aromatic nitrogens is 1. The molecule has 7 heteroatoms. The molecule has 1 aliphatic heterocycles. The molecule has 106 valence electrons. The van der Waals surface area contributed by atoms with Gasteiger partial charge < -0.3 is 0 Å². The SMILES string of the molecule is O=C1CC2(CC2)CN1/N=C\c1ccc(C(F)(F)F)cn1. The van der Waals surface area contributed by atoms with Gasteiger partial charge in [-0.05, 0) is 30.4 Å². The van der Waals surface area contributed by atoms with Crippen LogP contribution in [0.3, 0.4) is 0 Å². The molecule has 1 aliphatic carbocycles. The van der Waals surface area contributed by atoms with Gasteiger partial charge in [-0.3, -0.25) is 9.78 Å². The number of hydrazone groups is 1. The first-order valence-corrected chi connectivity index (χ1v) is 6.26. The Kier molecular flexibility index (Phi) is 2.81. The van der Waals surface area contributed by atoms with E-state index in [2.05, 4.69) is 10.1 Å². The van der Waals surface area contributed by atoms with Gasteiger partial charge in [0.25, 0.3) is 0 Å². The van der Waals surface area contributed by atoms with Crippen LogP contribution >= 0.6 is 0 Å². The lowest BCUT2D eigenvalue weighted by Crippen LogP contribution is -2.19. The Morgan fingerprint density at radius 3 is 2.60 bits per heavy atom. The molecule has 0 aromatic carbocycles. The van der Waals surface area contributed by atoms with Gasteiger partial charge in [0.15, 0.2) is 0 Å². The van der Waals surface area contributed by atoms with Crippen molar-refractivity contribution in [3.05, 3.63) is 29.6 Å². The number of amides is 1. The molecule has 1 aromatic rings. The van der Waals surface area contributed by atoms with Gasteiger partial charge in [0.2, 0.25) is 5.91 Å². The second-order valence-electron chi connectivity index (χ2n) is 5.34. The lowest BCUT2D eigenvalue weighted by Gasteiger charge is -2.09. The number of hydrogen-bond acceptors (Lipinski definition) is 3. The second-order valence-corrected chi connectivity index (χ2v) is 5.34. The van der Waals surface area contributed by atoms with Gasteiger partial charge in [-0.15, -0.1) is 0 Å². The Labute approximate surface area is 113 Å². The first-order valence-electron chi connectivity index (χ1n) is 6.26. The summed E-state index contributed by atoms with van der Waals surface area (Å²) >= 11 is 0. The second kappa shape index (κ2) is 4.29. The molecule has 0 N–H and O–H groups in total. The summed E-state index contributed by atoms with van der Waals surface area (Å²) in [5, 5.41) is 5.40. The molecule has 3 rings (SSSR count). The highest BCUT2D eigenvalue weighted by atomic mass is 19.4. The molecule has 1 saturated carbocycles. The topological polar surface area (TPSA) is 45.6 Å². The normalized spacial score (nSPS) is 21.1. The lowest BCUT2D eigenvalue weighted by atomic mass is 10.1. The molecule has 1 amide bonds. The third-order valence-electron chi connectivity index (χ3n) is 3.70. The Balaban J connectivity index is 1.68. The van der Waals surface area contributed by atoms with Crippen LogP contribution in [0.1, 0.15) is 30.5 Å². The number of alkyl halides is 3. The Hall–Kier alpha value is -1.92. The van der Waals surface area contributed by atoms with Gasteiger partial charge >= 0.3 is 6.18 Å². The van der Waals surface area contributed by atoms with Crippen LogP contribution in [-0.2, 0) is 11.0 Å². The molecular formula is C13H12F3N3O. The predicted molar refractivity (Wildman–Crippen MR) is 64.8 cm³/mol. The highest BCUT2D eigenvalue weighted by Crippen LogP contribution is 2.53. The van der Waals surface area contributed by atoms with Crippen LogP contribution in [0.5, 0.6) is 0 Å². The number of pyridine rings is 1. The highest BCUT2D eigenvalue weighted by molar-refractivity contribution is 5.83. The van der Waals surface area contributed by atoms with E-state index in [1.54, 1.807) is 0 Å². The third kappa shape index (κ3) is 2.52. The summed E-state index contributed by atoms with van der Waals surface area (Å²) < 4.78 is 37.1. The quantitative estimate of drug-likeness (QED) is 0.783. The van der Waals surface area contributed by atoms with Crippen molar-refractivity contribution < 1.29 is 18.0 Å². The summed E-state index contributed by atoms with van der Waals surface area (Å²) in [5.41, 5.74) is -0.395. The van der Waals surface area contributed by atoms with Crippen LogP contribution < -0.4 is 0 Å². The van der Waals surface area contributed by atoms with E-state index in [1.165, 1.54) is 17.3 Å². The van der Waals surface area contributed by atoms with Gasteiger partial charge in [-0.25, -0.2) is 5.01 Å². The van der Waals surface area contributed by atoms with Crippen LogP contribution in [0, 0.1) is 5.41 Å². The van der Waals surface area contributed by atoms with E-state index in [4.69, 9.17) is 0 Å². The van der Waals surface area contributed by atoms with E-state index >= 15 is 0 Å². The van der Waals surface area contributed by atoms with Gasteiger partial charge in [0.05, 0.1) is 24.0 Å². The molecule has 0 bridgehead atoms. The van der Waals surface area contributed by atoms with Crippen LogP contribution in [0.2, 0.25) is 0 Å². The fourth-order valence-electron chi connectivity index (χ4n) is 2.27. The van der Waals surface area contributed by atoms with E-state index in [-0.39, 0.29) is 11.3 Å². The van der Waals surface area contributed by atoms with Crippen molar-refractivity contribution in [2.24, 2.45) is 10.5 Å². The van der Waals surface area contributed by atoms with Crippen molar-refractivity contribution >= 4 is 12.1 Å². The highest BCUT2D eigenvalue weighted by Gasteiger charge is 2.51. The predicted octanol–water partition coefficient (Wildman–Crippen LogP) is 2.45. The molecule has 1 spiro atoms. The third-order valence-corrected chi connectivity index (χ3v) is 3.70. The number of nitrogens with zero attached hydrogens (tertiary/aromatic N) is 3. The molecule has 1 aromatic heterocycles. The first kappa shape index (κ1) is 13.1. The largest absolute Gasteiger partial charge is 0.417 e. The average Bonchev–Trinajstić information content (AvgIpc) is 3.05. The Morgan fingerprint density at radius 1 is 1.35 bits per heavy atom. The van der Waals surface area contributed by atoms with Gasteiger partial charge in [0.1, 0.15) is 0 Å². The summed E-state index contributed by atoms with van der Waals surface area (Å²) in [6, 6.07) is 2.18. The summed E-state index contributed by atoms with van der Waals surface area (Å²) in [5.74, 6) is -0.0364. The zero-order valence-corrected chi connectivity index (χ0v) is 10.5. The van der Waals surface area contributed by atoms with E-state index in [1.807, 2.05) is 0 Å². The molecule has 1 saturated heterocycles. The molecule has 0 atom stereocenters. The van der Waals surface area contributed by atoms with E-state index < -0.39 is 11.7 Å². The van der Waals surface area contributed by atoms with Crippen LogP contribution in [0.4, 0.5) is 13.2 Å². The smallest absolute Gasteiger partial charge is 0.273 e. The van der Waals surface area contributed by atoms with E-state index in [9.17, 15) is 18.0 Å². The monoisotopic (exact) mass is 283 g/mol. The molecule has 2 heterocycles. The lowest BCUT2D eigenvalue weighted by molar-refractivity contribution is -0.137. The van der Waals surface area contributed by atoms with Crippen LogP contribution in [0.15, 0.2) is 23.4 Å². The zero-order chi connectivity index (χ0) is 14.4. The van der Waals surface area contributed by atoms with Crippen molar-refractivity contribution in [1.82, 2.24) is 9.99 Å². The summed E-state index contributed by atoms with van der Waals surface area (Å²) in [6.45, 7) is 0.600. The minimum Gasteiger partial charge on any atom is -0.273 e. The Bertz CT molecular complexity index is 561. The maximum Gasteiger partial charge on any atom is 0.417 e. The van der Waals surface area contributed by atoms with Crippen molar-refractivity contribution in [3.8, 4) is 0 Å². The molecule has 2 aliphatic rings. The standard InChI is InChI=1S/C13H12F3N3O/c14-13(15,16)9-1-2-10(17-6-9)7-18-19-8-12(3-4-12)5-11(19)20/h1-2,6-7H,3-5,8H2/b18-7-. The molecule has 20 heavy (non-hydrogen) atoms. The zero-order valence-electron chi connectivity index (χ0n) is 10.5. The van der Waals surface area contributed by atoms with Gasteiger partial charge in [-0.2, -0.15) is 18.3 Å². The average molecular weight is 283 g/mol. The maximum atomic E-state index is 12.4. The molecule has 2 fully saturated rings. The Morgan fingerprint density at radius 2 is 2.10 bits per heavy atom. The number of carbonyl (C=O) groups excluding carboxylic acids is 1. The van der Waals surface area contributed by atoms with Crippen molar-refractivity contribution in [1.29, 1.82) is 0 Å². The number of halogens is 3. The molecular weight excluding hydrogens is 271 g/mol. The van der Waals surface area contributed by atoms with Crippen molar-refractivity contribution in [3.63, 3.8) is 0 Å². The van der Waals surface area contributed by atoms with Crippen LogP contribution in [-0.4, -0.2) is 28.7 Å². The molecule has 0 radical (unpaired) electrons. The minimum absolute atomic E-state index is 0.0364. The van der Waals surface area contributed by atoms with Crippen molar-refractivity contribution in [2.45, 2.75) is 25.4 Å². The molecule has 4 nitrogen and oxygen atoms in total. The fourth-order valence-corrected chi connectivity index (χ4v) is 2.27. The van der Waals surface area contributed by atoms with Crippen molar-refractivity contribution in [2.75, 3.05) is 6.54 Å². The van der Waals surface area contributed by atoms with Crippen LogP contribution in [0.25, 0.3) is 0 Å². The number of carbonyl (C=O) groups is 1. The number of hydrogen-bond donors (Lipinski definition) is 0. The summed E-state index contributed by atoms with van der Waals surface area (Å²) in [4.78, 5) is 15.4. The number of rotatable bonds is 2. The fraction of sp³-hybridized carbons (Fsp3) is 0.462. The first-order chi connectivity index (χ1) is 9.38.